The minimum Gasteiger partial charge on any atom is -0.454 e. The fourth-order valence-electron chi connectivity index (χ4n) is 11.2. The first-order valence-corrected chi connectivity index (χ1v) is 35.6. The van der Waals surface area contributed by atoms with Crippen molar-refractivity contribution in [3.63, 3.8) is 0 Å². The van der Waals surface area contributed by atoms with Gasteiger partial charge in [-0.15, -0.1) is 0 Å². The van der Waals surface area contributed by atoms with E-state index in [-0.39, 0.29) is 44.5 Å². The van der Waals surface area contributed by atoms with E-state index in [2.05, 4.69) is 39.8 Å². The molecule has 85 heavy (non-hydrogen) atoms. The lowest BCUT2D eigenvalue weighted by Gasteiger charge is -2.46. The van der Waals surface area contributed by atoms with Crippen molar-refractivity contribution < 1.29 is 86.1 Å². The Balaban J connectivity index is 2.32. The van der Waals surface area contributed by atoms with Gasteiger partial charge < -0.3 is 62.6 Å². The fourth-order valence-corrected chi connectivity index (χ4v) is 11.8. The molecule has 0 amide bonds. The largest absolute Gasteiger partial charge is 0.470 e. The molecule has 18 nitrogen and oxygen atoms in total. The smallest absolute Gasteiger partial charge is 0.454 e. The van der Waals surface area contributed by atoms with Crippen molar-refractivity contribution in [2.24, 2.45) is 0 Å². The van der Waals surface area contributed by atoms with Gasteiger partial charge in [0.2, 0.25) is 0 Å². The average Bonchev–Trinajstić information content (AvgIpc) is 2.05. The zero-order chi connectivity index (χ0) is 62.2. The molecule has 2 aliphatic rings. The summed E-state index contributed by atoms with van der Waals surface area (Å²) < 4.78 is 72.7. The van der Waals surface area contributed by atoms with E-state index in [9.17, 15) is 38.9 Å². The van der Waals surface area contributed by atoms with Gasteiger partial charge in [-0.2, -0.15) is 0 Å². The van der Waals surface area contributed by atoms with E-state index >= 15 is 0 Å². The first kappa shape index (κ1) is 79.2. The summed E-state index contributed by atoms with van der Waals surface area (Å²) in [5.74, 6) is -1.77. The first-order chi connectivity index (χ1) is 41.2. The number of Topliss-reactive ketones (excluding diaryl/α,β-unsaturated/α-hetero) is 1. The summed E-state index contributed by atoms with van der Waals surface area (Å²) in [6.07, 6.45) is 28.2. The highest BCUT2D eigenvalue weighted by Crippen LogP contribution is 2.43. The lowest BCUT2D eigenvalue weighted by molar-refractivity contribution is -0.332. The Bertz CT molecular complexity index is 1700. The number of carbonyl (C=O) groups is 3. The van der Waals surface area contributed by atoms with Crippen LogP contribution >= 0.6 is 7.82 Å². The number of methoxy groups -OCH3 is 2. The molecule has 2 fully saturated rings. The molecule has 0 radical (unpaired) electrons. The Morgan fingerprint density at radius 1 is 0.482 bits per heavy atom. The first-order valence-electron chi connectivity index (χ1n) is 34.1. The summed E-state index contributed by atoms with van der Waals surface area (Å²) in [5.41, 5.74) is 0. The van der Waals surface area contributed by atoms with Crippen molar-refractivity contribution in [2.45, 2.75) is 352 Å². The Hall–Kier alpha value is -1.90. The molecular weight excluding hydrogens is 1110 g/mol. The molecule has 2 heterocycles. The topological polar surface area (TPSA) is 241 Å². The second-order valence-electron chi connectivity index (χ2n) is 24.0. The maximum atomic E-state index is 13.9. The molecule has 2 rings (SSSR count). The van der Waals surface area contributed by atoms with E-state index in [1.807, 2.05) is 0 Å². The molecule has 4 N–H and O–H groups in total. The Morgan fingerprint density at radius 3 is 1.51 bits per heavy atom. The normalized spacial score (nSPS) is 23.2. The molecule has 0 aromatic rings. The van der Waals surface area contributed by atoms with Crippen LogP contribution in [0.2, 0.25) is 0 Å². The highest BCUT2D eigenvalue weighted by Gasteiger charge is 2.54. The number of esters is 2. The zero-order valence-corrected chi connectivity index (χ0v) is 55.0. The van der Waals surface area contributed by atoms with Crippen molar-refractivity contribution in [3.8, 4) is 0 Å². The van der Waals surface area contributed by atoms with Gasteiger partial charge in [-0.05, 0) is 57.8 Å². The molecule has 500 valence electrons. The predicted octanol–water partition coefficient (Wildman–Crippen LogP) is 14.3. The summed E-state index contributed by atoms with van der Waals surface area (Å²) in [5, 5.41) is 23.6. The third-order valence-corrected chi connectivity index (χ3v) is 16.9. The molecule has 11 atom stereocenters. The van der Waals surface area contributed by atoms with E-state index < -0.39 is 94.2 Å². The maximum absolute atomic E-state index is 13.9. The van der Waals surface area contributed by atoms with Crippen LogP contribution in [0.3, 0.4) is 0 Å². The van der Waals surface area contributed by atoms with Gasteiger partial charge in [-0.1, -0.05) is 220 Å². The van der Waals surface area contributed by atoms with Crippen LogP contribution in [0, 0.1) is 0 Å². The summed E-state index contributed by atoms with van der Waals surface area (Å²) >= 11 is 0. The lowest BCUT2D eigenvalue weighted by atomic mass is 9.97. The van der Waals surface area contributed by atoms with E-state index in [1.54, 1.807) is 7.11 Å². The third-order valence-electron chi connectivity index (χ3n) is 16.3. The molecular formula is C66H123O18P. The number of phosphoric ester groups is 1. The van der Waals surface area contributed by atoms with Gasteiger partial charge in [-0.3, -0.25) is 18.9 Å². The van der Waals surface area contributed by atoms with Crippen LogP contribution in [0.5, 0.6) is 0 Å². The van der Waals surface area contributed by atoms with Gasteiger partial charge in [0.25, 0.3) is 0 Å². The van der Waals surface area contributed by atoms with Crippen LogP contribution in [-0.4, -0.2) is 146 Å². The van der Waals surface area contributed by atoms with Crippen LogP contribution in [0.1, 0.15) is 285 Å². The van der Waals surface area contributed by atoms with Gasteiger partial charge in [0, 0.05) is 40.3 Å². The van der Waals surface area contributed by atoms with Crippen molar-refractivity contribution in [2.75, 3.05) is 40.6 Å². The Labute approximate surface area is 514 Å². The zero-order valence-electron chi connectivity index (χ0n) is 54.1. The lowest BCUT2D eigenvalue weighted by Crippen LogP contribution is -2.63. The fraction of sp³-hybridized carbons (Fsp3) is 0.924. The number of carbonyl (C=O) groups excluding carboxylic acids is 3. The van der Waals surface area contributed by atoms with E-state index in [4.69, 9.17) is 47.2 Å². The number of phosphoric acid groups is 1. The monoisotopic (exact) mass is 1230 g/mol. The molecule has 0 aromatic carbocycles. The SMILES string of the molecule is CCCCCCC=CCCCCCCCCCC(=O)O[C@H]1[C@H](OC[C@H]2O[C@H](O)[C@H](OC(=O)CC(=O)CCCCCCCCCCC)[C@@H](OCCCCCCCCCC)[C@@H]2O)O[C@H](COC)[C@@H](OP(=O)(O)O)[C@@H]1OCC[C@@H](CCCCCCC)OC. The summed E-state index contributed by atoms with van der Waals surface area (Å²) in [4.78, 5) is 60.8. The summed E-state index contributed by atoms with van der Waals surface area (Å²) in [6.45, 7) is 8.21. The molecule has 0 spiro atoms. The summed E-state index contributed by atoms with van der Waals surface area (Å²) in [6, 6.07) is 0. The van der Waals surface area contributed by atoms with Crippen LogP contribution in [0.25, 0.3) is 0 Å². The number of allylic oxidation sites excluding steroid dienone is 2. The standard InChI is InChI=1S/C66H123O18P/c1-7-11-15-19-22-25-26-27-28-29-30-32-34-38-42-46-57(68)82-64-62(78-49-47-54(76-6)45-41-36-18-14-10-4)60(84-85(72,73)74)56(51-75-5)81-66(64)79-52-55-59(70)61(77-48-43-39-35-24-21-17-13-9-3)63(65(71)80-55)83-58(69)50-53(67)44-40-37-33-31-23-20-16-12-8-2/h25-26,54-56,59-66,70-71H,7-24,27-52H2,1-6H3,(H2,72,73,74)/t54-,55-,56-,59-,60-,61+,62+,63-,64-,65+,66-/m1/s1. The number of rotatable bonds is 57. The molecule has 0 aromatic heterocycles. The van der Waals surface area contributed by atoms with Crippen molar-refractivity contribution in [1.29, 1.82) is 0 Å². The number of unbranched alkanes of at least 4 members (excludes halogenated alkanes) is 30. The minimum atomic E-state index is -5.23. The number of hydrogen-bond acceptors (Lipinski definition) is 16. The highest BCUT2D eigenvalue weighted by atomic mass is 31.2. The molecule has 0 bridgehead atoms. The number of ketones is 1. The van der Waals surface area contributed by atoms with E-state index in [1.165, 1.54) is 77.7 Å². The Kier molecular flexibility index (Phi) is 48.3. The predicted molar refractivity (Wildman–Crippen MR) is 332 cm³/mol. The van der Waals surface area contributed by atoms with Gasteiger partial charge in [-0.25, -0.2) is 4.57 Å². The molecule has 0 unspecified atom stereocenters. The van der Waals surface area contributed by atoms with Crippen LogP contribution < -0.4 is 0 Å². The minimum absolute atomic E-state index is 0.0223. The molecule has 2 saturated heterocycles. The number of ether oxygens (including phenoxy) is 9. The molecule has 0 saturated carbocycles. The van der Waals surface area contributed by atoms with Gasteiger partial charge >= 0.3 is 19.8 Å². The second kappa shape index (κ2) is 51.8. The maximum Gasteiger partial charge on any atom is 0.470 e. The van der Waals surface area contributed by atoms with Gasteiger partial charge in [0.05, 0.1) is 19.3 Å². The highest BCUT2D eigenvalue weighted by molar-refractivity contribution is 7.46. The molecule has 0 aliphatic carbocycles. The van der Waals surface area contributed by atoms with Crippen LogP contribution in [0.15, 0.2) is 12.2 Å². The summed E-state index contributed by atoms with van der Waals surface area (Å²) in [7, 11) is -2.23. The number of aliphatic hydroxyl groups excluding tert-OH is 2. The second-order valence-corrected chi connectivity index (χ2v) is 25.2. The van der Waals surface area contributed by atoms with Gasteiger partial charge in [0.1, 0.15) is 48.8 Å². The Morgan fingerprint density at radius 2 is 0.965 bits per heavy atom. The number of aliphatic hydroxyl groups is 2. The third kappa shape index (κ3) is 38.4. The van der Waals surface area contributed by atoms with Crippen molar-refractivity contribution >= 4 is 25.5 Å². The van der Waals surface area contributed by atoms with Crippen LogP contribution in [0.4, 0.5) is 0 Å². The van der Waals surface area contributed by atoms with E-state index in [0.29, 0.717) is 25.7 Å². The van der Waals surface area contributed by atoms with Crippen LogP contribution in [-0.2, 0) is 66.1 Å². The molecule has 2 aliphatic heterocycles. The molecule has 19 heteroatoms. The van der Waals surface area contributed by atoms with Gasteiger partial charge in [0.15, 0.2) is 24.8 Å². The average molecular weight is 1240 g/mol. The van der Waals surface area contributed by atoms with Crippen molar-refractivity contribution in [1.82, 2.24) is 0 Å². The number of hydrogen-bond donors (Lipinski definition) is 4. The quantitative estimate of drug-likeness (QED) is 0.0145. The van der Waals surface area contributed by atoms with Crippen molar-refractivity contribution in [3.05, 3.63) is 12.2 Å². The van der Waals surface area contributed by atoms with E-state index in [0.717, 1.165) is 141 Å².